The predicted octanol–water partition coefficient (Wildman–Crippen LogP) is 2.07. The maximum atomic E-state index is 4.59. The van der Waals surface area contributed by atoms with Crippen LogP contribution < -0.4 is 10.2 Å². The molecule has 0 aliphatic carbocycles. The van der Waals surface area contributed by atoms with Crippen molar-refractivity contribution in [2.75, 3.05) is 25.0 Å². The van der Waals surface area contributed by atoms with Gasteiger partial charge in [-0.05, 0) is 18.9 Å². The molecular weight excluding hydrogens is 212 g/mol. The minimum absolute atomic E-state index is 0.661. The molecule has 0 atom stereocenters. The molecule has 4 nitrogen and oxygen atoms in total. The Hall–Kier alpha value is -1.16. The lowest BCUT2D eigenvalue weighted by Crippen LogP contribution is -2.22. The van der Waals surface area contributed by atoms with Gasteiger partial charge >= 0.3 is 0 Å². The fraction of sp³-hybridized carbons (Fsp3) is 0.692. The SMILES string of the molecule is CCCN(C)c1cncc(CNCC(C)C)n1. The maximum Gasteiger partial charge on any atom is 0.147 e. The average Bonchev–Trinajstić information content (AvgIpc) is 2.29. The fourth-order valence-corrected chi connectivity index (χ4v) is 1.60. The molecular formula is C13H24N4. The van der Waals surface area contributed by atoms with Gasteiger partial charge in [-0.15, -0.1) is 0 Å². The van der Waals surface area contributed by atoms with E-state index in [2.05, 4.69) is 48.0 Å². The molecule has 1 aromatic rings. The van der Waals surface area contributed by atoms with Crippen molar-refractivity contribution in [2.45, 2.75) is 33.7 Å². The second-order valence-electron chi connectivity index (χ2n) is 4.81. The van der Waals surface area contributed by atoms with Crippen LogP contribution in [0.15, 0.2) is 12.4 Å². The van der Waals surface area contributed by atoms with Gasteiger partial charge in [0, 0.05) is 26.3 Å². The summed E-state index contributed by atoms with van der Waals surface area (Å²) in [6, 6.07) is 0. The van der Waals surface area contributed by atoms with Crippen LogP contribution in [0.25, 0.3) is 0 Å². The Morgan fingerprint density at radius 3 is 2.76 bits per heavy atom. The summed E-state index contributed by atoms with van der Waals surface area (Å²) in [5.41, 5.74) is 1.01. The Bertz CT molecular complexity index is 325. The van der Waals surface area contributed by atoms with Crippen molar-refractivity contribution in [1.29, 1.82) is 0 Å². The third kappa shape index (κ3) is 5.13. The largest absolute Gasteiger partial charge is 0.358 e. The number of hydrogen-bond donors (Lipinski definition) is 1. The molecule has 0 amide bonds. The minimum atomic E-state index is 0.661. The summed E-state index contributed by atoms with van der Waals surface area (Å²) < 4.78 is 0. The number of hydrogen-bond acceptors (Lipinski definition) is 4. The van der Waals surface area contributed by atoms with Crippen molar-refractivity contribution >= 4 is 5.82 Å². The summed E-state index contributed by atoms with van der Waals surface area (Å²) in [5, 5.41) is 3.38. The van der Waals surface area contributed by atoms with E-state index in [0.717, 1.165) is 37.6 Å². The molecule has 0 aliphatic heterocycles. The minimum Gasteiger partial charge on any atom is -0.358 e. The van der Waals surface area contributed by atoms with Crippen molar-refractivity contribution in [3.63, 3.8) is 0 Å². The molecule has 4 heteroatoms. The quantitative estimate of drug-likeness (QED) is 0.787. The van der Waals surface area contributed by atoms with Gasteiger partial charge in [0.25, 0.3) is 0 Å². The van der Waals surface area contributed by atoms with E-state index < -0.39 is 0 Å². The lowest BCUT2D eigenvalue weighted by atomic mass is 10.2. The first kappa shape index (κ1) is 13.9. The molecule has 0 aromatic carbocycles. The molecule has 1 aromatic heterocycles. The first-order chi connectivity index (χ1) is 8.13. The van der Waals surface area contributed by atoms with Crippen LogP contribution in [0, 0.1) is 5.92 Å². The third-order valence-electron chi connectivity index (χ3n) is 2.48. The topological polar surface area (TPSA) is 41.1 Å². The molecule has 0 bridgehead atoms. The Morgan fingerprint density at radius 1 is 1.35 bits per heavy atom. The molecule has 96 valence electrons. The fourth-order valence-electron chi connectivity index (χ4n) is 1.60. The van der Waals surface area contributed by atoms with E-state index in [1.165, 1.54) is 0 Å². The summed E-state index contributed by atoms with van der Waals surface area (Å²) in [6.45, 7) is 9.37. The molecule has 0 radical (unpaired) electrons. The normalized spacial score (nSPS) is 10.9. The molecule has 1 N–H and O–H groups in total. The molecule has 1 heterocycles. The molecule has 1 rings (SSSR count). The number of anilines is 1. The van der Waals surface area contributed by atoms with E-state index in [-0.39, 0.29) is 0 Å². The van der Waals surface area contributed by atoms with Gasteiger partial charge in [0.05, 0.1) is 11.9 Å². The summed E-state index contributed by atoms with van der Waals surface area (Å²) in [5.74, 6) is 1.62. The highest BCUT2D eigenvalue weighted by Gasteiger charge is 2.03. The summed E-state index contributed by atoms with van der Waals surface area (Å²) in [4.78, 5) is 11.0. The maximum absolute atomic E-state index is 4.59. The van der Waals surface area contributed by atoms with Crippen LogP contribution >= 0.6 is 0 Å². The smallest absolute Gasteiger partial charge is 0.147 e. The van der Waals surface area contributed by atoms with Gasteiger partial charge in [0.2, 0.25) is 0 Å². The Morgan fingerprint density at radius 2 is 2.12 bits per heavy atom. The standard InChI is InChI=1S/C13H24N4/c1-5-6-17(4)13-10-15-9-12(16-13)8-14-7-11(2)3/h9-11,14H,5-8H2,1-4H3. The zero-order chi connectivity index (χ0) is 12.7. The second-order valence-corrected chi connectivity index (χ2v) is 4.81. The van der Waals surface area contributed by atoms with Gasteiger partial charge in [-0.3, -0.25) is 4.98 Å². The lowest BCUT2D eigenvalue weighted by molar-refractivity contribution is 0.547. The van der Waals surface area contributed by atoms with E-state index in [1.54, 1.807) is 0 Å². The zero-order valence-electron chi connectivity index (χ0n) is 11.4. The van der Waals surface area contributed by atoms with Crippen LogP contribution in [-0.4, -0.2) is 30.1 Å². The van der Waals surface area contributed by atoms with E-state index in [1.807, 2.05) is 12.4 Å². The van der Waals surface area contributed by atoms with Crippen molar-refractivity contribution in [1.82, 2.24) is 15.3 Å². The highest BCUT2D eigenvalue weighted by Crippen LogP contribution is 2.07. The molecule has 17 heavy (non-hydrogen) atoms. The van der Waals surface area contributed by atoms with E-state index in [9.17, 15) is 0 Å². The molecule has 0 fully saturated rings. The highest BCUT2D eigenvalue weighted by atomic mass is 15.2. The number of nitrogens with zero attached hydrogens (tertiary/aromatic N) is 3. The van der Waals surface area contributed by atoms with Gasteiger partial charge in [0.1, 0.15) is 5.82 Å². The Labute approximate surface area is 104 Å². The summed E-state index contributed by atoms with van der Waals surface area (Å²) >= 11 is 0. The van der Waals surface area contributed by atoms with E-state index in [4.69, 9.17) is 0 Å². The van der Waals surface area contributed by atoms with Crippen LogP contribution in [0.5, 0.6) is 0 Å². The van der Waals surface area contributed by atoms with Crippen LogP contribution in [0.4, 0.5) is 5.82 Å². The predicted molar refractivity (Wildman–Crippen MR) is 72.1 cm³/mol. The van der Waals surface area contributed by atoms with Gasteiger partial charge < -0.3 is 10.2 Å². The van der Waals surface area contributed by atoms with Crippen molar-refractivity contribution in [3.8, 4) is 0 Å². The Balaban J connectivity index is 2.53. The van der Waals surface area contributed by atoms with E-state index >= 15 is 0 Å². The highest BCUT2D eigenvalue weighted by molar-refractivity contribution is 5.34. The van der Waals surface area contributed by atoms with Crippen molar-refractivity contribution in [3.05, 3.63) is 18.1 Å². The summed E-state index contributed by atoms with van der Waals surface area (Å²) in [6.07, 6.45) is 4.77. The van der Waals surface area contributed by atoms with Crippen molar-refractivity contribution < 1.29 is 0 Å². The van der Waals surface area contributed by atoms with Gasteiger partial charge in [-0.2, -0.15) is 0 Å². The molecule has 0 saturated heterocycles. The van der Waals surface area contributed by atoms with Crippen LogP contribution in [-0.2, 0) is 6.54 Å². The van der Waals surface area contributed by atoms with Gasteiger partial charge in [0.15, 0.2) is 0 Å². The van der Waals surface area contributed by atoms with Gasteiger partial charge in [-0.1, -0.05) is 20.8 Å². The van der Waals surface area contributed by atoms with Crippen LogP contribution in [0.2, 0.25) is 0 Å². The Kier molecular flexibility index (Phi) is 5.91. The third-order valence-corrected chi connectivity index (χ3v) is 2.48. The number of rotatable bonds is 7. The average molecular weight is 236 g/mol. The molecule has 0 saturated carbocycles. The number of aromatic nitrogens is 2. The lowest BCUT2D eigenvalue weighted by Gasteiger charge is -2.17. The second kappa shape index (κ2) is 7.22. The molecule has 0 spiro atoms. The summed E-state index contributed by atoms with van der Waals surface area (Å²) in [7, 11) is 2.05. The van der Waals surface area contributed by atoms with Crippen LogP contribution in [0.3, 0.4) is 0 Å². The number of nitrogens with one attached hydrogen (secondary N) is 1. The van der Waals surface area contributed by atoms with Crippen LogP contribution in [0.1, 0.15) is 32.9 Å². The first-order valence-corrected chi connectivity index (χ1v) is 6.36. The zero-order valence-corrected chi connectivity index (χ0v) is 11.4. The van der Waals surface area contributed by atoms with E-state index in [0.29, 0.717) is 5.92 Å². The first-order valence-electron chi connectivity index (χ1n) is 6.36. The monoisotopic (exact) mass is 236 g/mol. The van der Waals surface area contributed by atoms with Gasteiger partial charge in [-0.25, -0.2) is 4.98 Å². The molecule has 0 unspecified atom stereocenters. The molecule has 0 aliphatic rings. The van der Waals surface area contributed by atoms with Crippen molar-refractivity contribution in [2.24, 2.45) is 5.92 Å².